The summed E-state index contributed by atoms with van der Waals surface area (Å²) in [5.41, 5.74) is 15.4. The fourth-order valence-corrected chi connectivity index (χ4v) is 3.49. The van der Waals surface area contributed by atoms with E-state index in [-0.39, 0.29) is 0 Å². The quantitative estimate of drug-likeness (QED) is 0.211. The number of rotatable bonds is 17. The molecule has 4 N–H and O–H groups in total. The lowest BCUT2D eigenvalue weighted by Crippen LogP contribution is -2.09. The predicted octanol–water partition coefficient (Wildman–Crippen LogP) is 6.18. The smallest absolute Gasteiger partial charge is 0.142 e. The monoisotopic (exact) mass is 472 g/mol. The Morgan fingerprint density at radius 2 is 1.00 bits per heavy atom. The van der Waals surface area contributed by atoms with Crippen molar-refractivity contribution in [1.82, 2.24) is 0 Å². The largest absolute Gasteiger partial charge is 0.489 e. The van der Waals surface area contributed by atoms with Crippen LogP contribution in [-0.2, 0) is 9.47 Å². The number of hydrogen-bond acceptors (Lipinski definition) is 6. The van der Waals surface area contributed by atoms with E-state index < -0.39 is 0 Å². The van der Waals surface area contributed by atoms with Gasteiger partial charge in [0.05, 0.1) is 24.6 Å². The minimum atomic E-state index is 0.461. The summed E-state index contributed by atoms with van der Waals surface area (Å²) in [6, 6.07) is 11.5. The maximum atomic E-state index is 6.12. The van der Waals surface area contributed by atoms with Gasteiger partial charge in [0, 0.05) is 13.2 Å². The minimum Gasteiger partial charge on any atom is -0.489 e. The predicted molar refractivity (Wildman–Crippen MR) is 141 cm³/mol. The van der Waals surface area contributed by atoms with Gasteiger partial charge < -0.3 is 30.4 Å². The minimum absolute atomic E-state index is 0.461. The number of nitrogens with two attached hydrogens (primary N) is 2. The van der Waals surface area contributed by atoms with Crippen molar-refractivity contribution in [2.45, 2.75) is 53.4 Å². The average molecular weight is 473 g/mol. The summed E-state index contributed by atoms with van der Waals surface area (Å²) in [5.74, 6) is 2.71. The van der Waals surface area contributed by atoms with Gasteiger partial charge in [0.15, 0.2) is 0 Å². The third-order valence-corrected chi connectivity index (χ3v) is 5.47. The van der Waals surface area contributed by atoms with Gasteiger partial charge in [0.1, 0.15) is 24.7 Å². The first-order valence-corrected chi connectivity index (χ1v) is 12.6. The number of benzene rings is 2. The molecule has 0 aliphatic heterocycles. The van der Waals surface area contributed by atoms with Crippen LogP contribution < -0.4 is 20.9 Å². The molecule has 0 radical (unpaired) electrons. The molecule has 0 spiro atoms. The molecule has 0 aliphatic rings. The van der Waals surface area contributed by atoms with Gasteiger partial charge in [0.2, 0.25) is 0 Å². The average Bonchev–Trinajstić information content (AvgIpc) is 2.79. The molecule has 0 fully saturated rings. The summed E-state index contributed by atoms with van der Waals surface area (Å²) in [5, 5.41) is 0. The molecule has 0 amide bonds. The number of anilines is 2. The van der Waals surface area contributed by atoms with Crippen LogP contribution in [0.15, 0.2) is 36.4 Å². The molecule has 6 heteroatoms. The van der Waals surface area contributed by atoms with Gasteiger partial charge in [-0.05, 0) is 72.9 Å². The Hall–Kier alpha value is -2.44. The van der Waals surface area contributed by atoms with Gasteiger partial charge in [0.25, 0.3) is 0 Å². The van der Waals surface area contributed by atoms with Crippen LogP contribution in [0.25, 0.3) is 11.1 Å². The molecule has 0 saturated carbocycles. The van der Waals surface area contributed by atoms with Crippen molar-refractivity contribution in [3.05, 3.63) is 36.4 Å². The molecule has 2 rings (SSSR count). The normalized spacial score (nSPS) is 11.4. The molecule has 0 saturated heterocycles. The molecule has 0 aromatic heterocycles. The summed E-state index contributed by atoms with van der Waals surface area (Å²) in [4.78, 5) is 0. The number of ether oxygens (including phenoxy) is 4. The molecule has 0 heterocycles. The Morgan fingerprint density at radius 1 is 0.588 bits per heavy atom. The number of hydrogen-bond donors (Lipinski definition) is 2. The zero-order valence-corrected chi connectivity index (χ0v) is 21.5. The first kappa shape index (κ1) is 27.8. The van der Waals surface area contributed by atoms with Crippen molar-refractivity contribution in [2.24, 2.45) is 11.8 Å². The SMILES string of the molecule is CC(C)CCCOCCOc1cc(-c2ccc(N)c(OCCOCCCC(C)C)c2)ccc1N. The van der Waals surface area contributed by atoms with Crippen LogP contribution in [0, 0.1) is 11.8 Å². The third kappa shape index (κ3) is 10.7. The van der Waals surface area contributed by atoms with Gasteiger partial charge in [-0.2, -0.15) is 0 Å². The van der Waals surface area contributed by atoms with Crippen LogP contribution >= 0.6 is 0 Å². The second-order valence-electron chi connectivity index (χ2n) is 9.50. The van der Waals surface area contributed by atoms with Gasteiger partial charge in [-0.1, -0.05) is 39.8 Å². The molecule has 2 aromatic rings. The zero-order chi connectivity index (χ0) is 24.8. The third-order valence-electron chi connectivity index (χ3n) is 5.47. The van der Waals surface area contributed by atoms with E-state index in [4.69, 9.17) is 30.4 Å². The first-order valence-electron chi connectivity index (χ1n) is 12.6. The number of nitrogen functional groups attached to an aromatic ring is 2. The molecule has 0 unspecified atom stereocenters. The lowest BCUT2D eigenvalue weighted by atomic mass is 10.0. The Bertz CT molecular complexity index is 770. The van der Waals surface area contributed by atoms with Gasteiger partial charge in [-0.15, -0.1) is 0 Å². The topological polar surface area (TPSA) is 89.0 Å². The van der Waals surface area contributed by atoms with Crippen molar-refractivity contribution >= 4 is 11.4 Å². The molecule has 34 heavy (non-hydrogen) atoms. The molecule has 2 aromatic carbocycles. The summed E-state index contributed by atoms with van der Waals surface area (Å²) in [6.07, 6.45) is 4.49. The van der Waals surface area contributed by atoms with E-state index in [2.05, 4.69) is 27.7 Å². The lowest BCUT2D eigenvalue weighted by Gasteiger charge is -2.14. The van der Waals surface area contributed by atoms with Gasteiger partial charge >= 0.3 is 0 Å². The second kappa shape index (κ2) is 15.5. The first-order chi connectivity index (χ1) is 16.4. The molecular formula is C28H44N2O4. The van der Waals surface area contributed by atoms with E-state index in [1.54, 1.807) is 0 Å². The highest BCUT2D eigenvalue weighted by molar-refractivity contribution is 5.73. The summed E-state index contributed by atoms with van der Waals surface area (Å²) in [7, 11) is 0. The van der Waals surface area contributed by atoms with Crippen LogP contribution in [0.5, 0.6) is 11.5 Å². The Balaban J connectivity index is 1.85. The maximum absolute atomic E-state index is 6.12. The highest BCUT2D eigenvalue weighted by atomic mass is 16.5. The van der Waals surface area contributed by atoms with E-state index in [9.17, 15) is 0 Å². The molecule has 0 atom stereocenters. The highest BCUT2D eigenvalue weighted by Gasteiger charge is 2.08. The Morgan fingerprint density at radius 3 is 1.38 bits per heavy atom. The maximum Gasteiger partial charge on any atom is 0.142 e. The Labute approximate surface area is 205 Å². The van der Waals surface area contributed by atoms with Crippen LogP contribution in [0.2, 0.25) is 0 Å². The standard InChI is InChI=1S/C28H44N2O4/c1-21(2)7-5-13-31-15-17-33-27-19-23(9-11-25(27)29)24-10-12-26(30)28(20-24)34-18-16-32-14-6-8-22(3)4/h9-12,19-22H,5-8,13-18,29-30H2,1-4H3. The highest BCUT2D eigenvalue weighted by Crippen LogP contribution is 2.33. The van der Waals surface area contributed by atoms with E-state index in [0.29, 0.717) is 61.1 Å². The van der Waals surface area contributed by atoms with Crippen molar-refractivity contribution < 1.29 is 18.9 Å². The van der Waals surface area contributed by atoms with Gasteiger partial charge in [-0.25, -0.2) is 0 Å². The molecule has 190 valence electrons. The van der Waals surface area contributed by atoms with Crippen molar-refractivity contribution in [1.29, 1.82) is 0 Å². The fraction of sp³-hybridized carbons (Fsp3) is 0.571. The lowest BCUT2D eigenvalue weighted by molar-refractivity contribution is 0.0959. The van der Waals surface area contributed by atoms with E-state index in [0.717, 1.165) is 37.2 Å². The van der Waals surface area contributed by atoms with Crippen LogP contribution in [0.1, 0.15) is 53.4 Å². The molecule has 6 nitrogen and oxygen atoms in total. The van der Waals surface area contributed by atoms with E-state index >= 15 is 0 Å². The van der Waals surface area contributed by atoms with Crippen molar-refractivity contribution in [3.63, 3.8) is 0 Å². The summed E-state index contributed by atoms with van der Waals surface area (Å²) >= 11 is 0. The van der Waals surface area contributed by atoms with Crippen LogP contribution in [-0.4, -0.2) is 39.6 Å². The van der Waals surface area contributed by atoms with Crippen LogP contribution in [0.3, 0.4) is 0 Å². The van der Waals surface area contributed by atoms with Crippen molar-refractivity contribution in [3.8, 4) is 22.6 Å². The molecule has 0 bridgehead atoms. The molecule has 0 aliphatic carbocycles. The van der Waals surface area contributed by atoms with Crippen LogP contribution in [0.4, 0.5) is 11.4 Å². The van der Waals surface area contributed by atoms with E-state index in [1.165, 1.54) is 12.8 Å². The second-order valence-corrected chi connectivity index (χ2v) is 9.50. The zero-order valence-electron chi connectivity index (χ0n) is 21.5. The van der Waals surface area contributed by atoms with Gasteiger partial charge in [-0.3, -0.25) is 0 Å². The summed E-state index contributed by atoms with van der Waals surface area (Å²) < 4.78 is 23.1. The van der Waals surface area contributed by atoms with Crippen molar-refractivity contribution in [2.75, 3.05) is 51.1 Å². The fourth-order valence-electron chi connectivity index (χ4n) is 3.49. The van der Waals surface area contributed by atoms with E-state index in [1.807, 2.05) is 36.4 Å². The summed E-state index contributed by atoms with van der Waals surface area (Å²) in [6.45, 7) is 12.4. The Kier molecular flexibility index (Phi) is 12.6. The molecular weight excluding hydrogens is 428 g/mol.